The van der Waals surface area contributed by atoms with Gasteiger partial charge in [-0.05, 0) is 69.5 Å². The number of aliphatic hydroxyl groups excluding tert-OH is 1. The second-order valence-corrected chi connectivity index (χ2v) is 13.1. The molecule has 0 fully saturated rings. The topological polar surface area (TPSA) is 104 Å². The Balaban J connectivity index is 1.65. The summed E-state index contributed by atoms with van der Waals surface area (Å²) in [6.07, 6.45) is 2.38. The summed E-state index contributed by atoms with van der Waals surface area (Å²) < 4.78 is 30.3. The third-order valence-electron chi connectivity index (χ3n) is 6.19. The van der Waals surface area contributed by atoms with Gasteiger partial charge in [0.2, 0.25) is 0 Å². The van der Waals surface area contributed by atoms with Crippen LogP contribution in [-0.4, -0.2) is 23.5 Å². The summed E-state index contributed by atoms with van der Waals surface area (Å²) in [5.74, 6) is -0.0410. The van der Waals surface area contributed by atoms with Crippen molar-refractivity contribution >= 4 is 48.8 Å². The first-order valence-corrected chi connectivity index (χ1v) is 15.2. The molecule has 0 bridgehead atoms. The number of sulfonamides is 1. The first-order chi connectivity index (χ1) is 18.9. The zero-order valence-corrected chi connectivity index (χ0v) is 23.8. The fraction of sp³-hybridized carbons (Fsp3) is 0.103. The van der Waals surface area contributed by atoms with Crippen molar-refractivity contribution in [2.45, 2.75) is 22.3 Å². The second-order valence-electron chi connectivity index (χ2n) is 8.72. The molecule has 39 heavy (non-hydrogen) atoms. The molecule has 0 saturated heterocycles. The number of nitrogens with zero attached hydrogens (tertiary/aromatic N) is 2. The molecule has 0 aliphatic carbocycles. The molecule has 0 aliphatic rings. The van der Waals surface area contributed by atoms with E-state index >= 15 is 0 Å². The van der Waals surface area contributed by atoms with E-state index in [1.165, 1.54) is 0 Å². The number of aromatic nitrogens is 2. The molecule has 5 aromatic rings. The SMILES string of the molecule is O=S(=O)(Nc1ccccc1C(Nc1ccccn1)C(c1ccccn1)C(O)c1ccccc1)c1ccc(Br)s1. The van der Waals surface area contributed by atoms with Gasteiger partial charge in [0.15, 0.2) is 0 Å². The Labute approximate surface area is 239 Å². The predicted molar refractivity (Wildman–Crippen MR) is 158 cm³/mol. The van der Waals surface area contributed by atoms with Gasteiger partial charge in [-0.2, -0.15) is 0 Å². The Morgan fingerprint density at radius 2 is 1.49 bits per heavy atom. The number of aliphatic hydroxyl groups is 1. The first-order valence-electron chi connectivity index (χ1n) is 12.1. The molecule has 0 aliphatic heterocycles. The average Bonchev–Trinajstić information content (AvgIpc) is 3.42. The third kappa shape index (κ3) is 6.36. The van der Waals surface area contributed by atoms with Crippen LogP contribution in [0.5, 0.6) is 0 Å². The fourth-order valence-electron chi connectivity index (χ4n) is 4.41. The summed E-state index contributed by atoms with van der Waals surface area (Å²) in [7, 11) is -3.87. The van der Waals surface area contributed by atoms with Crippen molar-refractivity contribution in [2.75, 3.05) is 10.0 Å². The Morgan fingerprint density at radius 1 is 0.795 bits per heavy atom. The van der Waals surface area contributed by atoms with Crippen LogP contribution >= 0.6 is 27.3 Å². The molecule has 0 radical (unpaired) electrons. The third-order valence-corrected chi connectivity index (χ3v) is 9.67. The lowest BCUT2D eigenvalue weighted by Crippen LogP contribution is -2.27. The van der Waals surface area contributed by atoms with Crippen LogP contribution in [0.3, 0.4) is 0 Å². The number of halogens is 1. The van der Waals surface area contributed by atoms with Crippen molar-refractivity contribution in [2.24, 2.45) is 0 Å². The van der Waals surface area contributed by atoms with E-state index < -0.39 is 28.1 Å². The van der Waals surface area contributed by atoms with Crippen LogP contribution in [0.4, 0.5) is 11.5 Å². The number of nitrogens with one attached hydrogen (secondary N) is 2. The second kappa shape index (κ2) is 12.1. The maximum Gasteiger partial charge on any atom is 0.271 e. The van der Waals surface area contributed by atoms with E-state index in [-0.39, 0.29) is 4.21 Å². The van der Waals surface area contributed by atoms with Crippen LogP contribution in [0, 0.1) is 0 Å². The fourth-order valence-corrected chi connectivity index (χ4v) is 7.51. The summed E-state index contributed by atoms with van der Waals surface area (Å²) in [6.45, 7) is 0. The maximum absolute atomic E-state index is 13.3. The standard InChI is InChI=1S/C29H25BrN4O3S2/c30-24-16-17-26(38-24)39(36,37)34-22-13-5-4-12-21(22)28(33-25-15-7-9-19-32-25)27(23-14-6-8-18-31-23)29(35)20-10-2-1-3-11-20/h1-19,27-29,34-35H,(H,32,33). The van der Waals surface area contributed by atoms with E-state index in [0.717, 1.165) is 11.3 Å². The number of thiophene rings is 1. The number of rotatable bonds is 10. The van der Waals surface area contributed by atoms with Gasteiger partial charge in [0.1, 0.15) is 10.0 Å². The van der Waals surface area contributed by atoms with Crippen molar-refractivity contribution in [1.82, 2.24) is 9.97 Å². The molecule has 3 aromatic heterocycles. The first kappa shape index (κ1) is 27.0. The number of benzene rings is 2. The van der Waals surface area contributed by atoms with Crippen molar-refractivity contribution < 1.29 is 13.5 Å². The highest BCUT2D eigenvalue weighted by Gasteiger charge is 2.35. The summed E-state index contributed by atoms with van der Waals surface area (Å²) in [5.41, 5.74) is 2.37. The van der Waals surface area contributed by atoms with Crippen molar-refractivity contribution in [1.29, 1.82) is 0 Å². The number of hydrogen-bond acceptors (Lipinski definition) is 7. The number of pyridine rings is 2. The van der Waals surface area contributed by atoms with Crippen molar-refractivity contribution in [3.63, 3.8) is 0 Å². The van der Waals surface area contributed by atoms with Crippen LogP contribution < -0.4 is 10.0 Å². The highest BCUT2D eigenvalue weighted by atomic mass is 79.9. The largest absolute Gasteiger partial charge is 0.388 e. The maximum atomic E-state index is 13.3. The molecule has 5 rings (SSSR count). The summed E-state index contributed by atoms with van der Waals surface area (Å²) in [4.78, 5) is 9.06. The number of anilines is 2. The molecule has 0 spiro atoms. The zero-order chi connectivity index (χ0) is 27.2. The van der Waals surface area contributed by atoms with Gasteiger partial charge >= 0.3 is 0 Å². The molecular weight excluding hydrogens is 596 g/mol. The van der Waals surface area contributed by atoms with E-state index in [2.05, 4.69) is 35.9 Å². The Bertz CT molecular complexity index is 1620. The van der Waals surface area contributed by atoms with E-state index in [1.54, 1.807) is 36.7 Å². The average molecular weight is 622 g/mol. The predicted octanol–water partition coefficient (Wildman–Crippen LogP) is 6.77. The molecule has 10 heteroatoms. The molecule has 0 amide bonds. The molecular formula is C29H25BrN4O3S2. The lowest BCUT2D eigenvalue weighted by Gasteiger charge is -2.33. The lowest BCUT2D eigenvalue weighted by molar-refractivity contribution is 0.133. The molecule has 3 unspecified atom stereocenters. The molecule has 0 saturated carbocycles. The van der Waals surface area contributed by atoms with Gasteiger partial charge < -0.3 is 10.4 Å². The van der Waals surface area contributed by atoms with E-state index in [4.69, 9.17) is 0 Å². The van der Waals surface area contributed by atoms with Crippen LogP contribution in [0.15, 0.2) is 124 Å². The van der Waals surface area contributed by atoms with Gasteiger partial charge in [-0.1, -0.05) is 60.7 Å². The van der Waals surface area contributed by atoms with E-state index in [0.29, 0.717) is 32.1 Å². The molecule has 2 aromatic carbocycles. The lowest BCUT2D eigenvalue weighted by atomic mass is 9.82. The molecule has 198 valence electrons. The van der Waals surface area contributed by atoms with E-state index in [9.17, 15) is 13.5 Å². The normalized spacial score (nSPS) is 13.8. The number of hydrogen-bond donors (Lipinski definition) is 3. The van der Waals surface area contributed by atoms with E-state index in [1.807, 2.05) is 78.9 Å². The monoisotopic (exact) mass is 620 g/mol. The minimum Gasteiger partial charge on any atom is -0.388 e. The summed E-state index contributed by atoms with van der Waals surface area (Å²) in [6, 6.07) is 30.2. The van der Waals surface area contributed by atoms with Gasteiger partial charge in [0.25, 0.3) is 10.0 Å². The smallest absolute Gasteiger partial charge is 0.271 e. The van der Waals surface area contributed by atoms with Crippen LogP contribution in [-0.2, 0) is 10.0 Å². The van der Waals surface area contributed by atoms with Crippen molar-refractivity contribution in [3.8, 4) is 0 Å². The highest BCUT2D eigenvalue weighted by Crippen LogP contribution is 2.44. The Kier molecular flexibility index (Phi) is 8.37. The summed E-state index contributed by atoms with van der Waals surface area (Å²) >= 11 is 4.47. The molecule has 7 nitrogen and oxygen atoms in total. The minimum absolute atomic E-state index is 0.184. The zero-order valence-electron chi connectivity index (χ0n) is 20.6. The molecule has 3 heterocycles. The van der Waals surface area contributed by atoms with Gasteiger partial charge in [-0.25, -0.2) is 13.4 Å². The van der Waals surface area contributed by atoms with Gasteiger partial charge in [-0.15, -0.1) is 11.3 Å². The quantitative estimate of drug-likeness (QED) is 0.159. The minimum atomic E-state index is -3.87. The Hall–Kier alpha value is -3.57. The number of para-hydroxylation sites is 1. The highest BCUT2D eigenvalue weighted by molar-refractivity contribution is 9.11. The van der Waals surface area contributed by atoms with Crippen molar-refractivity contribution in [3.05, 3.63) is 136 Å². The van der Waals surface area contributed by atoms with Gasteiger partial charge in [0.05, 0.1) is 27.5 Å². The van der Waals surface area contributed by atoms with Crippen LogP contribution in [0.1, 0.15) is 34.9 Å². The Morgan fingerprint density at radius 3 is 2.15 bits per heavy atom. The molecule has 3 atom stereocenters. The molecule has 3 N–H and O–H groups in total. The van der Waals surface area contributed by atoms with Gasteiger partial charge in [0, 0.05) is 18.1 Å². The van der Waals surface area contributed by atoms with Gasteiger partial charge in [-0.3, -0.25) is 9.71 Å². The van der Waals surface area contributed by atoms with Crippen LogP contribution in [0.25, 0.3) is 0 Å². The van der Waals surface area contributed by atoms with Crippen LogP contribution in [0.2, 0.25) is 0 Å². The summed E-state index contributed by atoms with van der Waals surface area (Å²) in [5, 5.41) is 15.3.